The molecule has 210 valence electrons. The number of hydrogen-bond donors (Lipinski definition) is 3. The van der Waals surface area contributed by atoms with E-state index in [0.717, 1.165) is 11.0 Å². The number of benzene rings is 2. The van der Waals surface area contributed by atoms with Crippen LogP contribution in [0, 0.1) is 11.8 Å². The molecule has 40 heavy (non-hydrogen) atoms. The lowest BCUT2D eigenvalue weighted by molar-refractivity contribution is -0.145. The first-order valence-corrected chi connectivity index (χ1v) is 13.9. The molecule has 3 aliphatic heterocycles. The summed E-state index contributed by atoms with van der Waals surface area (Å²) in [4.78, 5) is 43.3. The number of anilines is 1. The van der Waals surface area contributed by atoms with Crippen LogP contribution in [0.4, 0.5) is 5.69 Å². The maximum absolute atomic E-state index is 14.1. The van der Waals surface area contributed by atoms with Gasteiger partial charge in [-0.25, -0.2) is 4.68 Å². The Morgan fingerprint density at radius 2 is 1.82 bits per heavy atom. The van der Waals surface area contributed by atoms with Crippen LogP contribution in [0.3, 0.4) is 0 Å². The summed E-state index contributed by atoms with van der Waals surface area (Å²) >= 11 is 0. The highest BCUT2D eigenvalue weighted by Gasteiger charge is 2.77. The molecule has 0 radical (unpaired) electrons. The van der Waals surface area contributed by atoms with Crippen LogP contribution in [0.2, 0.25) is 0 Å². The summed E-state index contributed by atoms with van der Waals surface area (Å²) in [6.07, 6.45) is 3.04. The van der Waals surface area contributed by atoms with Crippen LogP contribution in [0.15, 0.2) is 54.6 Å². The maximum atomic E-state index is 14.1. The molecule has 1 aromatic heterocycles. The minimum Gasteiger partial charge on any atom is -0.396 e. The molecule has 11 heteroatoms. The predicted molar refractivity (Wildman–Crippen MR) is 146 cm³/mol. The average Bonchev–Trinajstić information content (AvgIpc) is 3.66. The fraction of sp³-hybridized carbons (Fsp3) is 0.483. The van der Waals surface area contributed by atoms with Crippen molar-refractivity contribution >= 4 is 34.4 Å². The molecule has 6 rings (SSSR count). The quantitative estimate of drug-likeness (QED) is 0.331. The van der Waals surface area contributed by atoms with E-state index < -0.39 is 29.1 Å². The molecular weight excluding hydrogens is 512 g/mol. The van der Waals surface area contributed by atoms with Gasteiger partial charge in [0.15, 0.2) is 0 Å². The van der Waals surface area contributed by atoms with Crippen molar-refractivity contribution in [1.82, 2.24) is 25.2 Å². The molecule has 1 spiro atoms. The summed E-state index contributed by atoms with van der Waals surface area (Å²) in [5, 5.41) is 23.5. The molecule has 11 nitrogen and oxygen atoms in total. The molecule has 2 bridgehead atoms. The first-order chi connectivity index (χ1) is 19.4. The molecule has 0 saturated carbocycles. The first kappa shape index (κ1) is 26.4. The lowest BCUT2D eigenvalue weighted by atomic mass is 9.66. The molecular formula is C29H34N6O5. The van der Waals surface area contributed by atoms with Crippen molar-refractivity contribution in [2.24, 2.45) is 11.8 Å². The van der Waals surface area contributed by atoms with Gasteiger partial charge in [-0.05, 0) is 63.3 Å². The number of carbonyl (C=O) groups is 3. The second-order valence-corrected chi connectivity index (χ2v) is 11.2. The number of rotatable bonds is 10. The van der Waals surface area contributed by atoms with Gasteiger partial charge in [-0.2, -0.15) is 0 Å². The Labute approximate surface area is 231 Å². The van der Waals surface area contributed by atoms with Crippen molar-refractivity contribution in [3.8, 4) is 0 Å². The van der Waals surface area contributed by atoms with E-state index >= 15 is 0 Å². The number of aliphatic hydroxyl groups is 1. The zero-order chi connectivity index (χ0) is 27.9. The highest BCUT2D eigenvalue weighted by atomic mass is 16.5. The molecule has 3 aromatic rings. The largest absolute Gasteiger partial charge is 0.396 e. The summed E-state index contributed by atoms with van der Waals surface area (Å²) in [7, 11) is 0. The number of nitrogens with zero attached hydrogens (tertiary/aromatic N) is 4. The Morgan fingerprint density at radius 3 is 2.62 bits per heavy atom. The van der Waals surface area contributed by atoms with Crippen molar-refractivity contribution in [3.63, 3.8) is 0 Å². The SMILES string of the molecule is C[C@]12CCC3(O1)C(C(=O)NCn1nnc4ccccc41)N(CCCCCO)C(=O)[C@@H]3[C@H]2C(=O)Nc1ccccc1. The van der Waals surface area contributed by atoms with Gasteiger partial charge in [-0.15, -0.1) is 5.10 Å². The van der Waals surface area contributed by atoms with E-state index in [2.05, 4.69) is 20.9 Å². The van der Waals surface area contributed by atoms with Crippen LogP contribution in [0.1, 0.15) is 39.0 Å². The standard InChI is InChI=1S/C29H34N6O5/c1-28-14-15-29(40-28)23(22(28)25(37)31-19-10-4-2-5-11-19)27(39)34(16-8-3-9-17-36)24(29)26(38)30-18-35-21-13-7-6-12-20(21)32-33-35/h2,4-7,10-13,22-24,36H,3,8-9,14-18H2,1H3,(H,30,38)(H,31,37)/t22-,23-,24?,28+,29?/m0/s1. The second-order valence-electron chi connectivity index (χ2n) is 11.2. The van der Waals surface area contributed by atoms with Crippen molar-refractivity contribution in [3.05, 3.63) is 54.6 Å². The third-order valence-electron chi connectivity index (χ3n) is 8.73. The number of aromatic nitrogens is 3. The Hall–Kier alpha value is -3.83. The number of ether oxygens (including phenoxy) is 1. The zero-order valence-corrected chi connectivity index (χ0v) is 22.5. The highest BCUT2D eigenvalue weighted by molar-refractivity contribution is 6.02. The van der Waals surface area contributed by atoms with Crippen LogP contribution < -0.4 is 10.6 Å². The summed E-state index contributed by atoms with van der Waals surface area (Å²) in [5.74, 6) is -2.34. The number of fused-ring (bicyclic) bond motifs is 2. The number of likely N-dealkylation sites (tertiary alicyclic amines) is 1. The van der Waals surface area contributed by atoms with Gasteiger partial charge in [0.05, 0.1) is 23.0 Å². The lowest BCUT2D eigenvalue weighted by Gasteiger charge is -2.33. The molecule has 2 aromatic carbocycles. The van der Waals surface area contributed by atoms with E-state index in [1.165, 1.54) is 0 Å². The number of carbonyl (C=O) groups excluding carboxylic acids is 3. The van der Waals surface area contributed by atoms with Gasteiger partial charge >= 0.3 is 0 Å². The lowest BCUT2D eigenvalue weighted by Crippen LogP contribution is -2.55. The van der Waals surface area contributed by atoms with Gasteiger partial charge in [0, 0.05) is 18.8 Å². The van der Waals surface area contributed by atoms with E-state index in [1.54, 1.807) is 21.7 Å². The van der Waals surface area contributed by atoms with Gasteiger partial charge < -0.3 is 25.4 Å². The van der Waals surface area contributed by atoms with E-state index in [9.17, 15) is 19.5 Å². The van der Waals surface area contributed by atoms with Crippen LogP contribution in [-0.2, 0) is 25.8 Å². The molecule has 3 saturated heterocycles. The molecule has 3 aliphatic rings. The third kappa shape index (κ3) is 4.24. The number of unbranched alkanes of at least 4 members (excludes halogenated alkanes) is 2. The van der Waals surface area contributed by atoms with E-state index in [4.69, 9.17) is 4.74 Å². The van der Waals surface area contributed by atoms with Gasteiger partial charge in [0.2, 0.25) is 17.7 Å². The van der Waals surface area contributed by atoms with Crippen molar-refractivity contribution < 1.29 is 24.2 Å². The first-order valence-electron chi connectivity index (χ1n) is 13.9. The summed E-state index contributed by atoms with van der Waals surface area (Å²) in [6.45, 7) is 2.37. The van der Waals surface area contributed by atoms with Crippen molar-refractivity contribution in [1.29, 1.82) is 0 Å². The predicted octanol–water partition coefficient (Wildman–Crippen LogP) is 2.07. The second kappa shape index (κ2) is 10.3. The monoisotopic (exact) mass is 546 g/mol. The number of aliphatic hydroxyl groups excluding tert-OH is 1. The third-order valence-corrected chi connectivity index (χ3v) is 8.73. The van der Waals surface area contributed by atoms with E-state index in [-0.39, 0.29) is 31.0 Å². The van der Waals surface area contributed by atoms with Gasteiger partial charge in [0.1, 0.15) is 23.8 Å². The fourth-order valence-corrected chi connectivity index (χ4v) is 6.96. The van der Waals surface area contributed by atoms with Crippen LogP contribution in [0.5, 0.6) is 0 Å². The molecule has 2 unspecified atom stereocenters. The molecule has 4 heterocycles. The minimum absolute atomic E-state index is 0.0689. The van der Waals surface area contributed by atoms with Crippen LogP contribution >= 0.6 is 0 Å². The van der Waals surface area contributed by atoms with Crippen molar-refractivity contribution in [2.45, 2.75) is 62.9 Å². The molecule has 3 N–H and O–H groups in total. The molecule has 5 atom stereocenters. The molecule has 3 fully saturated rings. The van der Waals surface area contributed by atoms with E-state index in [1.807, 2.05) is 49.4 Å². The minimum atomic E-state index is -1.10. The van der Waals surface area contributed by atoms with Crippen LogP contribution in [0.25, 0.3) is 11.0 Å². The van der Waals surface area contributed by atoms with Crippen molar-refractivity contribution in [2.75, 3.05) is 18.5 Å². The Morgan fingerprint density at radius 1 is 1.05 bits per heavy atom. The average molecular weight is 547 g/mol. The van der Waals surface area contributed by atoms with Gasteiger partial charge in [-0.3, -0.25) is 14.4 Å². The summed E-state index contributed by atoms with van der Waals surface area (Å²) < 4.78 is 8.26. The normalized spacial score (nSPS) is 28.7. The summed E-state index contributed by atoms with van der Waals surface area (Å²) in [6, 6.07) is 15.7. The maximum Gasteiger partial charge on any atom is 0.247 e. The number of nitrogens with one attached hydrogen (secondary N) is 2. The Bertz CT molecular complexity index is 1430. The fourth-order valence-electron chi connectivity index (χ4n) is 6.96. The van der Waals surface area contributed by atoms with Crippen LogP contribution in [-0.4, -0.2) is 73.1 Å². The Balaban J connectivity index is 1.29. The van der Waals surface area contributed by atoms with Gasteiger partial charge in [0.25, 0.3) is 0 Å². The highest BCUT2D eigenvalue weighted by Crippen LogP contribution is 2.63. The Kier molecular flexibility index (Phi) is 6.79. The molecule has 0 aliphatic carbocycles. The molecule has 3 amide bonds. The topological polar surface area (TPSA) is 139 Å². The summed E-state index contributed by atoms with van der Waals surface area (Å²) in [5.41, 5.74) is 0.188. The number of para-hydroxylation sites is 2. The van der Waals surface area contributed by atoms with E-state index in [0.29, 0.717) is 44.3 Å². The zero-order valence-electron chi connectivity index (χ0n) is 22.5. The smallest absolute Gasteiger partial charge is 0.247 e. The van der Waals surface area contributed by atoms with Gasteiger partial charge in [-0.1, -0.05) is 35.5 Å². The number of hydrogen-bond acceptors (Lipinski definition) is 7. The number of amides is 3.